The lowest BCUT2D eigenvalue weighted by Crippen LogP contribution is -2.33. The second-order valence-corrected chi connectivity index (χ2v) is 5.45. The molecule has 0 aromatic heterocycles. The van der Waals surface area contributed by atoms with Crippen molar-refractivity contribution in [1.82, 2.24) is 4.90 Å². The lowest BCUT2D eigenvalue weighted by Gasteiger charge is -2.22. The summed E-state index contributed by atoms with van der Waals surface area (Å²) in [6, 6.07) is 19.4. The maximum atomic E-state index is 12.5. The van der Waals surface area contributed by atoms with Crippen LogP contribution < -0.4 is 4.90 Å². The molecule has 0 radical (unpaired) electrons. The zero-order valence-electron chi connectivity index (χ0n) is 11.8. The van der Waals surface area contributed by atoms with Crippen molar-refractivity contribution >= 4 is 28.9 Å². The Morgan fingerprint density at radius 3 is 2.19 bits per heavy atom. The molecule has 1 unspecified atom stereocenters. The Morgan fingerprint density at radius 1 is 1.00 bits per heavy atom. The molecule has 1 heterocycles. The quantitative estimate of drug-likeness (QED) is 0.813. The van der Waals surface area contributed by atoms with Gasteiger partial charge in [-0.15, -0.1) is 0 Å². The van der Waals surface area contributed by atoms with Crippen LogP contribution >= 0.6 is 12.2 Å². The number of nitrogens with zero attached hydrogens (tertiary/aromatic N) is 2. The van der Waals surface area contributed by atoms with Gasteiger partial charge in [0.05, 0.1) is 5.69 Å². The smallest absolute Gasteiger partial charge is 0.255 e. The van der Waals surface area contributed by atoms with Crippen molar-refractivity contribution in [2.24, 2.45) is 0 Å². The number of benzene rings is 2. The molecule has 1 fully saturated rings. The molecule has 2 aromatic rings. The second-order valence-electron chi connectivity index (χ2n) is 5.08. The van der Waals surface area contributed by atoms with Gasteiger partial charge < -0.3 is 4.90 Å². The van der Waals surface area contributed by atoms with Crippen molar-refractivity contribution < 1.29 is 4.79 Å². The molecule has 4 heteroatoms. The summed E-state index contributed by atoms with van der Waals surface area (Å²) in [5, 5.41) is 0.572. The van der Waals surface area contributed by atoms with Crippen LogP contribution in [0.2, 0.25) is 0 Å². The highest BCUT2D eigenvalue weighted by Crippen LogP contribution is 2.26. The van der Waals surface area contributed by atoms with E-state index in [1.807, 2.05) is 72.5 Å². The molecule has 3 rings (SSSR count). The van der Waals surface area contributed by atoms with Crippen LogP contribution in [0.5, 0.6) is 0 Å². The van der Waals surface area contributed by atoms with E-state index in [9.17, 15) is 4.79 Å². The van der Waals surface area contributed by atoms with Crippen LogP contribution in [0.3, 0.4) is 0 Å². The zero-order chi connectivity index (χ0) is 14.8. The minimum Gasteiger partial charge on any atom is -0.332 e. The molecule has 0 N–H and O–H groups in total. The number of carbonyl (C=O) groups excluding carboxylic acids is 1. The number of thiocarbonyl (C=S) groups is 1. The molecule has 0 aliphatic carbocycles. The van der Waals surface area contributed by atoms with Gasteiger partial charge in [-0.25, -0.2) is 0 Å². The van der Waals surface area contributed by atoms with E-state index in [0.717, 1.165) is 11.3 Å². The summed E-state index contributed by atoms with van der Waals surface area (Å²) < 4.78 is 0. The van der Waals surface area contributed by atoms with Crippen molar-refractivity contribution in [3.05, 3.63) is 66.2 Å². The Bertz CT molecular complexity index is 657. The molecule has 106 valence electrons. The molecule has 0 bridgehead atoms. The number of hydrogen-bond donors (Lipinski definition) is 0. The minimum atomic E-state index is -0.238. The highest BCUT2D eigenvalue weighted by molar-refractivity contribution is 7.80. The number of amides is 1. The Labute approximate surface area is 129 Å². The first kappa shape index (κ1) is 13.8. The van der Waals surface area contributed by atoms with E-state index >= 15 is 0 Å². The average molecular weight is 296 g/mol. The molecule has 1 amide bonds. The lowest BCUT2D eigenvalue weighted by molar-refractivity contribution is -0.119. The molecule has 0 saturated carbocycles. The van der Waals surface area contributed by atoms with Gasteiger partial charge in [-0.3, -0.25) is 9.69 Å². The Morgan fingerprint density at radius 2 is 1.57 bits per heavy atom. The fourth-order valence-electron chi connectivity index (χ4n) is 2.51. The monoisotopic (exact) mass is 296 g/mol. The van der Waals surface area contributed by atoms with Crippen LogP contribution in [0.4, 0.5) is 5.69 Å². The normalized spacial score (nSPS) is 18.4. The third kappa shape index (κ3) is 2.54. The lowest BCUT2D eigenvalue weighted by atomic mass is 10.2. The molecule has 0 spiro atoms. The molecule has 3 nitrogen and oxygen atoms in total. The van der Waals surface area contributed by atoms with Crippen molar-refractivity contribution in [2.75, 3.05) is 4.90 Å². The number of rotatable bonds is 3. The van der Waals surface area contributed by atoms with Crippen LogP contribution in [0.15, 0.2) is 60.7 Å². The Hall–Kier alpha value is -2.20. The summed E-state index contributed by atoms with van der Waals surface area (Å²) in [7, 11) is 0. The highest BCUT2D eigenvalue weighted by Gasteiger charge is 2.40. The van der Waals surface area contributed by atoms with Gasteiger partial charge in [0, 0.05) is 6.54 Å². The van der Waals surface area contributed by atoms with Crippen LogP contribution in [0, 0.1) is 0 Å². The predicted octanol–water partition coefficient (Wildman–Crippen LogP) is 3.21. The van der Waals surface area contributed by atoms with E-state index in [1.54, 1.807) is 4.90 Å². The second kappa shape index (κ2) is 5.66. The SMILES string of the molecule is CC1C(=O)N(c2ccccc2)C(=S)N1Cc1ccccc1. The zero-order valence-corrected chi connectivity index (χ0v) is 12.6. The van der Waals surface area contributed by atoms with Gasteiger partial charge in [-0.05, 0) is 36.8 Å². The van der Waals surface area contributed by atoms with Crippen molar-refractivity contribution in [3.63, 3.8) is 0 Å². The maximum absolute atomic E-state index is 12.5. The van der Waals surface area contributed by atoms with Crippen LogP contribution in [0.1, 0.15) is 12.5 Å². The van der Waals surface area contributed by atoms with Crippen LogP contribution in [-0.2, 0) is 11.3 Å². The third-order valence-corrected chi connectivity index (χ3v) is 4.11. The molecular formula is C17H16N2OS. The van der Waals surface area contributed by atoms with Crippen LogP contribution in [0.25, 0.3) is 0 Å². The van der Waals surface area contributed by atoms with Gasteiger partial charge in [0.15, 0.2) is 5.11 Å². The standard InChI is InChI=1S/C17H16N2OS/c1-13-16(20)19(15-10-6-3-7-11-15)17(21)18(13)12-14-8-4-2-5-9-14/h2-11,13H,12H2,1H3. The van der Waals surface area contributed by atoms with Crippen LogP contribution in [-0.4, -0.2) is 22.0 Å². The van der Waals surface area contributed by atoms with Gasteiger partial charge in [0.1, 0.15) is 6.04 Å². The molecule has 1 saturated heterocycles. The summed E-state index contributed by atoms with van der Waals surface area (Å²) in [5.74, 6) is 0.0298. The fraction of sp³-hybridized carbons (Fsp3) is 0.176. The molecule has 1 atom stereocenters. The van der Waals surface area contributed by atoms with E-state index < -0.39 is 0 Å². The van der Waals surface area contributed by atoms with Crippen molar-refractivity contribution in [2.45, 2.75) is 19.5 Å². The van der Waals surface area contributed by atoms with E-state index in [1.165, 1.54) is 0 Å². The maximum Gasteiger partial charge on any atom is 0.255 e. The third-order valence-electron chi connectivity index (χ3n) is 3.69. The number of anilines is 1. The number of hydrogen-bond acceptors (Lipinski definition) is 2. The van der Waals surface area contributed by atoms with Gasteiger partial charge >= 0.3 is 0 Å². The first-order chi connectivity index (χ1) is 10.2. The van der Waals surface area contributed by atoms with Gasteiger partial charge in [-0.1, -0.05) is 48.5 Å². The summed E-state index contributed by atoms with van der Waals surface area (Å²) in [6.45, 7) is 2.55. The predicted molar refractivity (Wildman–Crippen MR) is 88.0 cm³/mol. The van der Waals surface area contributed by atoms with Crippen molar-refractivity contribution in [3.8, 4) is 0 Å². The van der Waals surface area contributed by atoms with Crippen molar-refractivity contribution in [1.29, 1.82) is 0 Å². The molecular weight excluding hydrogens is 280 g/mol. The van der Waals surface area contributed by atoms with Gasteiger partial charge in [0.25, 0.3) is 5.91 Å². The number of carbonyl (C=O) groups is 1. The molecule has 2 aromatic carbocycles. The van der Waals surface area contributed by atoms with Gasteiger partial charge in [0.2, 0.25) is 0 Å². The van der Waals surface area contributed by atoms with E-state index in [4.69, 9.17) is 12.2 Å². The first-order valence-electron chi connectivity index (χ1n) is 6.92. The van der Waals surface area contributed by atoms with E-state index in [2.05, 4.69) is 0 Å². The fourth-order valence-corrected chi connectivity index (χ4v) is 2.93. The topological polar surface area (TPSA) is 23.6 Å². The molecule has 1 aliphatic heterocycles. The van der Waals surface area contributed by atoms with E-state index in [0.29, 0.717) is 11.7 Å². The Balaban J connectivity index is 1.87. The minimum absolute atomic E-state index is 0.0298. The number of para-hydroxylation sites is 1. The average Bonchev–Trinajstić information content (AvgIpc) is 2.73. The van der Waals surface area contributed by atoms with E-state index in [-0.39, 0.29) is 11.9 Å². The summed E-state index contributed by atoms with van der Waals surface area (Å²) in [5.41, 5.74) is 1.98. The summed E-state index contributed by atoms with van der Waals surface area (Å²) in [4.78, 5) is 16.1. The van der Waals surface area contributed by atoms with Gasteiger partial charge in [-0.2, -0.15) is 0 Å². The highest BCUT2D eigenvalue weighted by atomic mass is 32.1. The molecule has 21 heavy (non-hydrogen) atoms. The molecule has 1 aliphatic rings. The first-order valence-corrected chi connectivity index (χ1v) is 7.33. The Kier molecular flexibility index (Phi) is 3.71. The summed E-state index contributed by atoms with van der Waals surface area (Å²) >= 11 is 5.53. The largest absolute Gasteiger partial charge is 0.332 e. The summed E-state index contributed by atoms with van der Waals surface area (Å²) in [6.07, 6.45) is 0.